The summed E-state index contributed by atoms with van der Waals surface area (Å²) in [6.07, 6.45) is 13.0. The molecule has 1 aromatic heterocycles. The number of allylic oxidation sites excluding steroid dienone is 3. The van der Waals surface area contributed by atoms with Gasteiger partial charge in [-0.05, 0) is 32.4 Å². The topological polar surface area (TPSA) is 78.0 Å². The van der Waals surface area contributed by atoms with E-state index in [2.05, 4.69) is 33.3 Å². The Morgan fingerprint density at radius 2 is 1.69 bits per heavy atom. The zero-order chi connectivity index (χ0) is 25.5. The lowest BCUT2D eigenvalue weighted by Crippen LogP contribution is -2.34. The van der Waals surface area contributed by atoms with Crippen molar-refractivity contribution in [3.8, 4) is 17.2 Å². The summed E-state index contributed by atoms with van der Waals surface area (Å²) >= 11 is 0. The van der Waals surface area contributed by atoms with E-state index < -0.39 is 11.6 Å². The number of benzene rings is 1. The van der Waals surface area contributed by atoms with Crippen LogP contribution in [0, 0.1) is 11.6 Å². The zero-order valence-corrected chi connectivity index (χ0v) is 20.8. The van der Waals surface area contributed by atoms with E-state index in [1.165, 1.54) is 26.6 Å². The van der Waals surface area contributed by atoms with E-state index in [1.54, 1.807) is 0 Å². The average molecular weight is 503 g/mol. The first-order chi connectivity index (χ1) is 17.5. The molecule has 1 N–H and O–H groups in total. The molecule has 1 saturated heterocycles. The molecule has 10 heteroatoms. The molecule has 2 aliphatic rings. The molecule has 0 spiro atoms. The molecule has 36 heavy (non-hydrogen) atoms. The van der Waals surface area contributed by atoms with Crippen LogP contribution in [0.2, 0.25) is 0 Å². The van der Waals surface area contributed by atoms with Crippen LogP contribution in [-0.2, 0) is 11.3 Å². The van der Waals surface area contributed by atoms with Gasteiger partial charge in [-0.15, -0.1) is 0 Å². The average Bonchev–Trinajstić information content (AvgIpc) is 3.11. The summed E-state index contributed by atoms with van der Waals surface area (Å²) in [6, 6.07) is 1.19. The summed E-state index contributed by atoms with van der Waals surface area (Å²) in [6.45, 7) is 1.75. The van der Waals surface area contributed by atoms with Crippen molar-refractivity contribution in [3.63, 3.8) is 0 Å². The van der Waals surface area contributed by atoms with Gasteiger partial charge in [0.25, 0.3) is 0 Å². The molecule has 0 saturated carbocycles. The molecular weight excluding hydrogens is 470 g/mol. The van der Waals surface area contributed by atoms with Crippen LogP contribution in [0.5, 0.6) is 17.2 Å². The van der Waals surface area contributed by atoms with Gasteiger partial charge in [0, 0.05) is 31.6 Å². The number of piperidine rings is 1. The van der Waals surface area contributed by atoms with Gasteiger partial charge in [-0.2, -0.15) is 0 Å². The fourth-order valence-corrected chi connectivity index (χ4v) is 4.16. The Bertz CT molecular complexity index is 1060. The van der Waals surface area contributed by atoms with Gasteiger partial charge in [0.15, 0.2) is 28.9 Å². The van der Waals surface area contributed by atoms with Crippen molar-refractivity contribution in [3.05, 3.63) is 59.6 Å². The molecular formula is C26H32F2N4O4. The van der Waals surface area contributed by atoms with Crippen molar-refractivity contribution in [1.29, 1.82) is 0 Å². The maximum atomic E-state index is 14.5. The second-order valence-corrected chi connectivity index (χ2v) is 8.85. The number of rotatable bonds is 9. The van der Waals surface area contributed by atoms with Gasteiger partial charge in [0.05, 0.1) is 37.9 Å². The predicted octanol–water partition coefficient (Wildman–Crippen LogP) is 4.48. The summed E-state index contributed by atoms with van der Waals surface area (Å²) in [4.78, 5) is 10.9. The molecule has 1 aliphatic carbocycles. The Morgan fingerprint density at radius 1 is 1.03 bits per heavy atom. The molecule has 1 aromatic carbocycles. The number of anilines is 1. The summed E-state index contributed by atoms with van der Waals surface area (Å²) in [5.74, 6) is -0.249. The number of hydrogen-bond acceptors (Lipinski definition) is 8. The molecule has 4 rings (SSSR count). The van der Waals surface area contributed by atoms with Gasteiger partial charge in [-0.1, -0.05) is 12.2 Å². The van der Waals surface area contributed by atoms with Crippen LogP contribution in [0.25, 0.3) is 0 Å². The van der Waals surface area contributed by atoms with Crippen LogP contribution in [0.4, 0.5) is 14.7 Å². The lowest BCUT2D eigenvalue weighted by atomic mass is 10.1. The van der Waals surface area contributed by atoms with Gasteiger partial charge in [-0.3, -0.25) is 0 Å². The van der Waals surface area contributed by atoms with Crippen molar-refractivity contribution in [2.45, 2.75) is 44.4 Å². The first kappa shape index (κ1) is 25.7. The summed E-state index contributed by atoms with van der Waals surface area (Å²) < 4.78 is 50.7. The molecule has 2 heterocycles. The SMILES string of the molecule is COc1cc(OC)c(F)c(COc2cnc(NC3C=CC=C(OC4CCN(C)CC4)CC3)nc2)c1F. The normalized spacial score (nSPS) is 18.8. The Balaban J connectivity index is 1.29. The highest BCUT2D eigenvalue weighted by molar-refractivity contribution is 5.42. The lowest BCUT2D eigenvalue weighted by molar-refractivity contribution is 0.0536. The summed E-state index contributed by atoms with van der Waals surface area (Å²) in [5.41, 5.74) is -0.303. The molecule has 0 radical (unpaired) electrons. The third-order valence-electron chi connectivity index (χ3n) is 6.30. The second-order valence-electron chi connectivity index (χ2n) is 8.85. The fourth-order valence-electron chi connectivity index (χ4n) is 4.16. The number of likely N-dealkylation sites (tertiary alicyclic amines) is 1. The maximum absolute atomic E-state index is 14.5. The number of ether oxygens (including phenoxy) is 4. The van der Waals surface area contributed by atoms with Crippen LogP contribution in [0.3, 0.4) is 0 Å². The highest BCUT2D eigenvalue weighted by Gasteiger charge is 2.22. The molecule has 8 nitrogen and oxygen atoms in total. The van der Waals surface area contributed by atoms with Crippen LogP contribution in [0.1, 0.15) is 31.2 Å². The molecule has 0 bridgehead atoms. The van der Waals surface area contributed by atoms with Gasteiger partial charge in [0.2, 0.25) is 5.95 Å². The molecule has 0 amide bonds. The van der Waals surface area contributed by atoms with Gasteiger partial charge < -0.3 is 29.2 Å². The molecule has 1 fully saturated rings. The minimum Gasteiger partial charge on any atom is -0.495 e. The number of halogens is 2. The molecule has 1 atom stereocenters. The lowest BCUT2D eigenvalue weighted by Gasteiger charge is -2.30. The van der Waals surface area contributed by atoms with E-state index >= 15 is 0 Å². The van der Waals surface area contributed by atoms with E-state index in [0.717, 1.165) is 50.6 Å². The van der Waals surface area contributed by atoms with Crippen molar-refractivity contribution < 1.29 is 27.7 Å². The monoisotopic (exact) mass is 502 g/mol. The first-order valence-corrected chi connectivity index (χ1v) is 12.0. The summed E-state index contributed by atoms with van der Waals surface area (Å²) in [7, 11) is 4.73. The van der Waals surface area contributed by atoms with Crippen molar-refractivity contribution in [2.75, 3.05) is 39.7 Å². The highest BCUT2D eigenvalue weighted by Crippen LogP contribution is 2.32. The Labute approximate surface area is 209 Å². The number of nitrogens with one attached hydrogen (secondary N) is 1. The Morgan fingerprint density at radius 3 is 2.33 bits per heavy atom. The minimum atomic E-state index is -0.845. The zero-order valence-electron chi connectivity index (χ0n) is 20.8. The van der Waals surface area contributed by atoms with Crippen molar-refractivity contribution in [2.24, 2.45) is 0 Å². The van der Waals surface area contributed by atoms with Gasteiger partial charge in [-0.25, -0.2) is 18.7 Å². The molecule has 1 aliphatic heterocycles. The van der Waals surface area contributed by atoms with Crippen LogP contribution in [-0.4, -0.2) is 61.4 Å². The van der Waals surface area contributed by atoms with Crippen molar-refractivity contribution >= 4 is 5.95 Å². The van der Waals surface area contributed by atoms with Gasteiger partial charge in [0.1, 0.15) is 12.7 Å². The second kappa shape index (κ2) is 12.0. The Kier molecular flexibility index (Phi) is 8.58. The van der Waals surface area contributed by atoms with Crippen LogP contribution in [0.15, 0.2) is 42.4 Å². The fraction of sp³-hybridized carbons (Fsp3) is 0.462. The van der Waals surface area contributed by atoms with E-state index in [0.29, 0.717) is 5.95 Å². The van der Waals surface area contributed by atoms with E-state index in [-0.39, 0.29) is 41.6 Å². The number of aromatic nitrogens is 2. The molecule has 194 valence electrons. The highest BCUT2D eigenvalue weighted by atomic mass is 19.1. The van der Waals surface area contributed by atoms with Crippen molar-refractivity contribution in [1.82, 2.24) is 14.9 Å². The predicted molar refractivity (Wildman–Crippen MR) is 131 cm³/mol. The van der Waals surface area contributed by atoms with E-state index in [1.807, 2.05) is 12.2 Å². The minimum absolute atomic E-state index is 0.0408. The first-order valence-electron chi connectivity index (χ1n) is 12.0. The maximum Gasteiger partial charge on any atom is 0.223 e. The smallest absolute Gasteiger partial charge is 0.223 e. The quantitative estimate of drug-likeness (QED) is 0.538. The van der Waals surface area contributed by atoms with E-state index in [4.69, 9.17) is 18.9 Å². The third-order valence-corrected chi connectivity index (χ3v) is 6.30. The standard InChI is InChI=1S/C26H32F2N4O4/c1-32-11-9-19(10-12-32)36-18-6-4-5-17(7-8-18)31-26-29-14-20(15-30-26)35-16-21-24(27)22(33-2)13-23(34-3)25(21)28/h4-6,13-15,17,19H,7-12,16H2,1-3H3,(H,29,30,31). The molecule has 1 unspecified atom stereocenters. The summed E-state index contributed by atoms with van der Waals surface area (Å²) in [5, 5.41) is 3.29. The van der Waals surface area contributed by atoms with E-state index in [9.17, 15) is 8.78 Å². The third kappa shape index (κ3) is 6.42. The number of nitrogens with zero attached hydrogens (tertiary/aromatic N) is 3. The Hall–Kier alpha value is -3.40. The van der Waals surface area contributed by atoms with Gasteiger partial charge >= 0.3 is 0 Å². The van der Waals surface area contributed by atoms with Crippen LogP contribution >= 0.6 is 0 Å². The number of methoxy groups -OCH3 is 2. The number of hydrogen-bond donors (Lipinski definition) is 1. The largest absolute Gasteiger partial charge is 0.495 e. The van der Waals surface area contributed by atoms with Crippen LogP contribution < -0.4 is 19.5 Å². The molecule has 2 aromatic rings.